The molecule has 1 unspecified atom stereocenters. The van der Waals surface area contributed by atoms with Crippen molar-refractivity contribution >= 4 is 5.69 Å². The molecule has 1 aliphatic heterocycles. The molecule has 3 heteroatoms. The van der Waals surface area contributed by atoms with Gasteiger partial charge in [-0.3, -0.25) is 4.90 Å². The lowest BCUT2D eigenvalue weighted by Crippen LogP contribution is -2.24. The van der Waals surface area contributed by atoms with Crippen LogP contribution in [0.4, 0.5) is 5.69 Å². The Kier molecular flexibility index (Phi) is 5.08. The molecule has 106 valence electrons. The van der Waals surface area contributed by atoms with Gasteiger partial charge in [0.25, 0.3) is 0 Å². The second-order valence-electron chi connectivity index (χ2n) is 5.55. The van der Waals surface area contributed by atoms with Crippen LogP contribution < -0.4 is 10.5 Å². The summed E-state index contributed by atoms with van der Waals surface area (Å²) in [5.41, 5.74) is 8.16. The molecule has 2 rings (SSSR count). The Morgan fingerprint density at radius 3 is 2.84 bits per heavy atom. The van der Waals surface area contributed by atoms with Crippen LogP contribution >= 0.6 is 0 Å². The van der Waals surface area contributed by atoms with Crippen molar-refractivity contribution in [2.45, 2.75) is 39.2 Å². The van der Waals surface area contributed by atoms with E-state index in [0.29, 0.717) is 0 Å². The van der Waals surface area contributed by atoms with E-state index in [2.05, 4.69) is 17.9 Å². The van der Waals surface area contributed by atoms with E-state index in [1.807, 2.05) is 12.1 Å². The first kappa shape index (κ1) is 14.2. The molecule has 0 aromatic heterocycles. The van der Waals surface area contributed by atoms with E-state index >= 15 is 0 Å². The lowest BCUT2D eigenvalue weighted by atomic mass is 9.98. The van der Waals surface area contributed by atoms with Gasteiger partial charge >= 0.3 is 0 Å². The summed E-state index contributed by atoms with van der Waals surface area (Å²) in [6, 6.07) is 6.01. The Balaban J connectivity index is 1.97. The zero-order chi connectivity index (χ0) is 13.7. The second-order valence-corrected chi connectivity index (χ2v) is 5.55. The first-order valence-corrected chi connectivity index (χ1v) is 7.37. The predicted molar refractivity (Wildman–Crippen MR) is 80.3 cm³/mol. The summed E-state index contributed by atoms with van der Waals surface area (Å²) >= 11 is 0. The summed E-state index contributed by atoms with van der Waals surface area (Å²) in [6.45, 7) is 5.67. The van der Waals surface area contributed by atoms with Crippen molar-refractivity contribution in [3.05, 3.63) is 23.8 Å². The van der Waals surface area contributed by atoms with Crippen molar-refractivity contribution in [2.75, 3.05) is 25.9 Å². The average molecular weight is 262 g/mol. The average Bonchev–Trinajstić information content (AvgIpc) is 2.66. The minimum Gasteiger partial charge on any atom is -0.497 e. The molecule has 19 heavy (non-hydrogen) atoms. The maximum Gasteiger partial charge on any atom is 0.120 e. The highest BCUT2D eigenvalue weighted by molar-refractivity contribution is 5.51. The van der Waals surface area contributed by atoms with Crippen molar-refractivity contribution in [2.24, 2.45) is 5.92 Å². The molecule has 1 saturated heterocycles. The monoisotopic (exact) mass is 262 g/mol. The largest absolute Gasteiger partial charge is 0.497 e. The van der Waals surface area contributed by atoms with Crippen molar-refractivity contribution in [1.29, 1.82) is 0 Å². The van der Waals surface area contributed by atoms with Crippen LogP contribution in [-0.2, 0) is 6.54 Å². The number of nitrogens with two attached hydrogens (primary N) is 1. The number of ether oxygens (including phenoxy) is 1. The van der Waals surface area contributed by atoms with Gasteiger partial charge in [-0.25, -0.2) is 0 Å². The van der Waals surface area contributed by atoms with Gasteiger partial charge in [-0.05, 0) is 49.9 Å². The molecule has 1 atom stereocenters. The number of methoxy groups -OCH3 is 1. The van der Waals surface area contributed by atoms with Crippen molar-refractivity contribution < 1.29 is 4.74 Å². The fourth-order valence-corrected chi connectivity index (χ4v) is 2.88. The SMILES string of the molecule is CCC1CCCN(Cc2ccc(OC)cc2N)CC1. The molecule has 1 fully saturated rings. The number of nitrogen functional groups attached to an aromatic ring is 1. The quantitative estimate of drug-likeness (QED) is 0.846. The zero-order valence-electron chi connectivity index (χ0n) is 12.2. The number of anilines is 1. The van der Waals surface area contributed by atoms with E-state index in [0.717, 1.165) is 23.9 Å². The fourth-order valence-electron chi connectivity index (χ4n) is 2.88. The molecule has 1 aliphatic rings. The van der Waals surface area contributed by atoms with Gasteiger partial charge in [-0.2, -0.15) is 0 Å². The molecule has 0 radical (unpaired) electrons. The Bertz CT molecular complexity index is 406. The number of rotatable bonds is 4. The van der Waals surface area contributed by atoms with Gasteiger partial charge in [0.2, 0.25) is 0 Å². The minimum atomic E-state index is 0.836. The van der Waals surface area contributed by atoms with Crippen LogP contribution in [0.2, 0.25) is 0 Å². The normalized spacial score (nSPS) is 21.1. The molecule has 0 aliphatic carbocycles. The molecular formula is C16H26N2O. The molecule has 1 aromatic carbocycles. The molecule has 0 amide bonds. The Hall–Kier alpha value is -1.22. The van der Waals surface area contributed by atoms with Gasteiger partial charge in [0.1, 0.15) is 5.75 Å². The first-order chi connectivity index (χ1) is 9.22. The van der Waals surface area contributed by atoms with Crippen molar-refractivity contribution in [3.8, 4) is 5.75 Å². The highest BCUT2D eigenvalue weighted by Crippen LogP contribution is 2.24. The number of hydrogen-bond donors (Lipinski definition) is 1. The molecule has 1 aromatic rings. The van der Waals surface area contributed by atoms with E-state index in [1.165, 1.54) is 44.3 Å². The lowest BCUT2D eigenvalue weighted by molar-refractivity contribution is 0.272. The fraction of sp³-hybridized carbons (Fsp3) is 0.625. The predicted octanol–water partition coefficient (Wildman–Crippen LogP) is 3.29. The van der Waals surface area contributed by atoms with E-state index in [4.69, 9.17) is 10.5 Å². The van der Waals surface area contributed by atoms with E-state index in [-0.39, 0.29) is 0 Å². The van der Waals surface area contributed by atoms with E-state index in [1.54, 1.807) is 7.11 Å². The topological polar surface area (TPSA) is 38.5 Å². The molecular weight excluding hydrogens is 236 g/mol. The third kappa shape index (κ3) is 3.87. The summed E-state index contributed by atoms with van der Waals surface area (Å²) in [6.07, 6.45) is 5.34. The summed E-state index contributed by atoms with van der Waals surface area (Å²) in [4.78, 5) is 2.54. The van der Waals surface area contributed by atoms with Crippen LogP contribution in [0.3, 0.4) is 0 Å². The van der Waals surface area contributed by atoms with E-state index in [9.17, 15) is 0 Å². The lowest BCUT2D eigenvalue weighted by Gasteiger charge is -2.21. The maximum absolute atomic E-state index is 6.10. The standard InChI is InChI=1S/C16H26N2O/c1-3-13-5-4-9-18(10-8-13)12-14-6-7-15(19-2)11-16(14)17/h6-7,11,13H,3-5,8-10,12,17H2,1-2H3. The van der Waals surface area contributed by atoms with Gasteiger partial charge < -0.3 is 10.5 Å². The molecule has 2 N–H and O–H groups in total. The summed E-state index contributed by atoms with van der Waals surface area (Å²) < 4.78 is 5.19. The minimum absolute atomic E-state index is 0.836. The van der Waals surface area contributed by atoms with Gasteiger partial charge in [-0.1, -0.05) is 19.4 Å². The van der Waals surface area contributed by atoms with Crippen LogP contribution in [0, 0.1) is 5.92 Å². The Morgan fingerprint density at radius 2 is 2.16 bits per heavy atom. The Morgan fingerprint density at radius 1 is 1.32 bits per heavy atom. The number of hydrogen-bond acceptors (Lipinski definition) is 3. The molecule has 0 spiro atoms. The summed E-state index contributed by atoms with van der Waals surface area (Å²) in [7, 11) is 1.67. The highest BCUT2D eigenvalue weighted by atomic mass is 16.5. The van der Waals surface area contributed by atoms with E-state index < -0.39 is 0 Å². The van der Waals surface area contributed by atoms with Crippen LogP contribution in [0.25, 0.3) is 0 Å². The Labute approximate surface area is 116 Å². The smallest absolute Gasteiger partial charge is 0.120 e. The van der Waals surface area contributed by atoms with Crippen molar-refractivity contribution in [1.82, 2.24) is 4.90 Å². The zero-order valence-corrected chi connectivity index (χ0v) is 12.2. The molecule has 3 nitrogen and oxygen atoms in total. The third-order valence-corrected chi connectivity index (χ3v) is 4.26. The first-order valence-electron chi connectivity index (χ1n) is 7.37. The maximum atomic E-state index is 6.10. The number of likely N-dealkylation sites (tertiary alicyclic amines) is 1. The number of benzene rings is 1. The van der Waals surface area contributed by atoms with Crippen LogP contribution in [0.15, 0.2) is 18.2 Å². The third-order valence-electron chi connectivity index (χ3n) is 4.26. The van der Waals surface area contributed by atoms with Crippen LogP contribution in [0.1, 0.15) is 38.2 Å². The molecule has 1 heterocycles. The number of nitrogens with zero attached hydrogens (tertiary/aromatic N) is 1. The summed E-state index contributed by atoms with van der Waals surface area (Å²) in [5, 5.41) is 0. The van der Waals surface area contributed by atoms with Crippen LogP contribution in [-0.4, -0.2) is 25.1 Å². The van der Waals surface area contributed by atoms with Crippen molar-refractivity contribution in [3.63, 3.8) is 0 Å². The van der Waals surface area contributed by atoms with Gasteiger partial charge in [0.05, 0.1) is 7.11 Å². The van der Waals surface area contributed by atoms with Gasteiger partial charge in [-0.15, -0.1) is 0 Å². The second kappa shape index (κ2) is 6.80. The molecule has 0 bridgehead atoms. The van der Waals surface area contributed by atoms with Gasteiger partial charge in [0.15, 0.2) is 0 Å². The van der Waals surface area contributed by atoms with Gasteiger partial charge in [0, 0.05) is 18.3 Å². The highest BCUT2D eigenvalue weighted by Gasteiger charge is 2.16. The van der Waals surface area contributed by atoms with Crippen LogP contribution in [0.5, 0.6) is 5.75 Å². The molecule has 0 saturated carbocycles. The summed E-state index contributed by atoms with van der Waals surface area (Å²) in [5.74, 6) is 1.75.